The van der Waals surface area contributed by atoms with Crippen molar-refractivity contribution in [2.75, 3.05) is 38.0 Å². The van der Waals surface area contributed by atoms with Crippen LogP contribution in [-0.2, 0) is 0 Å². The van der Waals surface area contributed by atoms with Crippen molar-refractivity contribution in [3.8, 4) is 0 Å². The molecule has 1 aromatic heterocycles. The molecule has 142 valence electrons. The standard InChI is InChI=1S/C21H26N4O2/c1-4-24-10-12-25(13-11-24)21(27)18-14-17(8-9-22-18)20(26)23-19-15(2)6-5-7-16(19)3/h5-9,14H,4,10-13H2,1-3H3,(H,23,26). The number of nitrogens with zero attached hydrogens (tertiary/aromatic N) is 3. The van der Waals surface area contributed by atoms with E-state index < -0.39 is 0 Å². The lowest BCUT2D eigenvalue weighted by atomic mass is 10.1. The molecule has 0 unspecified atom stereocenters. The maximum Gasteiger partial charge on any atom is 0.272 e. The summed E-state index contributed by atoms with van der Waals surface area (Å²) in [5.41, 5.74) is 3.56. The fourth-order valence-corrected chi connectivity index (χ4v) is 3.32. The summed E-state index contributed by atoms with van der Waals surface area (Å²) < 4.78 is 0. The number of nitrogens with one attached hydrogen (secondary N) is 1. The number of para-hydroxylation sites is 1. The molecule has 1 saturated heterocycles. The number of carbonyl (C=O) groups excluding carboxylic acids is 2. The highest BCUT2D eigenvalue weighted by Crippen LogP contribution is 2.20. The first-order valence-electron chi connectivity index (χ1n) is 9.35. The molecule has 6 heteroatoms. The van der Waals surface area contributed by atoms with E-state index in [0.29, 0.717) is 24.3 Å². The van der Waals surface area contributed by atoms with E-state index in [0.717, 1.165) is 36.4 Å². The van der Waals surface area contributed by atoms with Crippen LogP contribution >= 0.6 is 0 Å². The molecular weight excluding hydrogens is 340 g/mol. The zero-order valence-corrected chi connectivity index (χ0v) is 16.2. The summed E-state index contributed by atoms with van der Waals surface area (Å²) in [7, 11) is 0. The molecule has 0 bridgehead atoms. The quantitative estimate of drug-likeness (QED) is 0.904. The van der Waals surface area contributed by atoms with E-state index in [-0.39, 0.29) is 11.8 Å². The van der Waals surface area contributed by atoms with Gasteiger partial charge in [-0.05, 0) is 43.7 Å². The fraction of sp³-hybridized carbons (Fsp3) is 0.381. The van der Waals surface area contributed by atoms with Crippen LogP contribution in [0.2, 0.25) is 0 Å². The summed E-state index contributed by atoms with van der Waals surface area (Å²) in [4.78, 5) is 33.7. The highest BCUT2D eigenvalue weighted by Gasteiger charge is 2.23. The molecule has 2 amide bonds. The smallest absolute Gasteiger partial charge is 0.272 e. The van der Waals surface area contributed by atoms with Crippen LogP contribution in [0.4, 0.5) is 5.69 Å². The summed E-state index contributed by atoms with van der Waals surface area (Å²) in [6, 6.07) is 9.09. The predicted molar refractivity (Wildman–Crippen MR) is 106 cm³/mol. The molecular formula is C21H26N4O2. The molecule has 1 aliphatic heterocycles. The van der Waals surface area contributed by atoms with Gasteiger partial charge in [0.25, 0.3) is 11.8 Å². The van der Waals surface area contributed by atoms with Crippen LogP contribution < -0.4 is 5.32 Å². The molecule has 6 nitrogen and oxygen atoms in total. The Morgan fingerprint density at radius 1 is 1.07 bits per heavy atom. The van der Waals surface area contributed by atoms with Gasteiger partial charge >= 0.3 is 0 Å². The number of hydrogen-bond acceptors (Lipinski definition) is 4. The molecule has 3 rings (SSSR count). The minimum atomic E-state index is -0.236. The summed E-state index contributed by atoms with van der Waals surface area (Å²) in [6.45, 7) is 10.1. The van der Waals surface area contributed by atoms with Gasteiger partial charge in [-0.2, -0.15) is 0 Å². The third-order valence-corrected chi connectivity index (χ3v) is 5.07. The van der Waals surface area contributed by atoms with Crippen molar-refractivity contribution in [3.63, 3.8) is 0 Å². The van der Waals surface area contributed by atoms with Crippen LogP contribution in [0.3, 0.4) is 0 Å². The van der Waals surface area contributed by atoms with Gasteiger partial charge in [0.05, 0.1) is 0 Å². The Bertz CT molecular complexity index is 822. The summed E-state index contributed by atoms with van der Waals surface area (Å²) in [5.74, 6) is -0.355. The molecule has 0 spiro atoms. The van der Waals surface area contributed by atoms with Crippen LogP contribution in [0, 0.1) is 13.8 Å². The summed E-state index contributed by atoms with van der Waals surface area (Å²) in [5, 5.41) is 2.96. The second-order valence-electron chi connectivity index (χ2n) is 6.88. The van der Waals surface area contributed by atoms with Gasteiger partial charge in [-0.15, -0.1) is 0 Å². The van der Waals surface area contributed by atoms with Crippen molar-refractivity contribution in [3.05, 3.63) is 58.9 Å². The van der Waals surface area contributed by atoms with Gasteiger partial charge in [0.1, 0.15) is 5.69 Å². The number of likely N-dealkylation sites (N-methyl/N-ethyl adjacent to an activating group) is 1. The zero-order chi connectivity index (χ0) is 19.4. The number of aromatic nitrogens is 1. The Labute approximate surface area is 160 Å². The second kappa shape index (κ2) is 8.31. The van der Waals surface area contributed by atoms with Gasteiger partial charge in [-0.3, -0.25) is 14.6 Å². The van der Waals surface area contributed by atoms with Crippen molar-refractivity contribution >= 4 is 17.5 Å². The monoisotopic (exact) mass is 366 g/mol. The Morgan fingerprint density at radius 2 is 1.74 bits per heavy atom. The highest BCUT2D eigenvalue weighted by atomic mass is 16.2. The van der Waals surface area contributed by atoms with Crippen molar-refractivity contribution in [1.29, 1.82) is 0 Å². The minimum Gasteiger partial charge on any atom is -0.335 e. The number of benzene rings is 1. The topological polar surface area (TPSA) is 65.5 Å². The number of hydrogen-bond donors (Lipinski definition) is 1. The van der Waals surface area contributed by atoms with Gasteiger partial charge in [0.15, 0.2) is 0 Å². The first-order valence-corrected chi connectivity index (χ1v) is 9.35. The van der Waals surface area contributed by atoms with Crippen molar-refractivity contribution in [1.82, 2.24) is 14.8 Å². The average molecular weight is 366 g/mol. The maximum atomic E-state index is 12.7. The number of amides is 2. The number of pyridine rings is 1. The third-order valence-electron chi connectivity index (χ3n) is 5.07. The summed E-state index contributed by atoms with van der Waals surface area (Å²) >= 11 is 0. The van der Waals surface area contributed by atoms with Crippen molar-refractivity contribution < 1.29 is 9.59 Å². The van der Waals surface area contributed by atoms with Gasteiger partial charge < -0.3 is 15.1 Å². The SMILES string of the molecule is CCN1CCN(C(=O)c2cc(C(=O)Nc3c(C)cccc3C)ccn2)CC1. The van der Waals surface area contributed by atoms with Crippen LogP contribution in [-0.4, -0.2) is 59.3 Å². The van der Waals surface area contributed by atoms with Gasteiger partial charge in [0, 0.05) is 43.6 Å². The number of aryl methyl sites for hydroxylation is 2. The molecule has 1 N–H and O–H groups in total. The average Bonchev–Trinajstić information content (AvgIpc) is 2.70. The molecule has 0 atom stereocenters. The first-order chi connectivity index (χ1) is 13.0. The number of piperazine rings is 1. The summed E-state index contributed by atoms with van der Waals surface area (Å²) in [6.07, 6.45) is 1.52. The number of anilines is 1. The van der Waals surface area contributed by atoms with Crippen LogP contribution in [0.1, 0.15) is 38.9 Å². The Hall–Kier alpha value is -2.73. The van der Waals surface area contributed by atoms with E-state index in [1.807, 2.05) is 36.9 Å². The van der Waals surface area contributed by atoms with Crippen molar-refractivity contribution in [2.24, 2.45) is 0 Å². The molecule has 2 aromatic rings. The van der Waals surface area contributed by atoms with Crippen LogP contribution in [0.5, 0.6) is 0 Å². The predicted octanol–water partition coefficient (Wildman–Crippen LogP) is 2.73. The van der Waals surface area contributed by atoms with E-state index in [4.69, 9.17) is 0 Å². The molecule has 0 aliphatic carbocycles. The first kappa shape index (κ1) is 19.0. The Morgan fingerprint density at radius 3 is 2.37 bits per heavy atom. The Balaban J connectivity index is 1.73. The van der Waals surface area contributed by atoms with E-state index in [1.54, 1.807) is 12.1 Å². The largest absolute Gasteiger partial charge is 0.335 e. The lowest BCUT2D eigenvalue weighted by molar-refractivity contribution is 0.0637. The minimum absolute atomic E-state index is 0.118. The van der Waals surface area contributed by atoms with E-state index >= 15 is 0 Å². The van der Waals surface area contributed by atoms with Crippen molar-refractivity contribution in [2.45, 2.75) is 20.8 Å². The van der Waals surface area contributed by atoms with E-state index in [9.17, 15) is 9.59 Å². The maximum absolute atomic E-state index is 12.7. The van der Waals surface area contributed by atoms with Gasteiger partial charge in [-0.1, -0.05) is 25.1 Å². The zero-order valence-electron chi connectivity index (χ0n) is 16.2. The van der Waals surface area contributed by atoms with E-state index in [1.165, 1.54) is 6.20 Å². The fourth-order valence-electron chi connectivity index (χ4n) is 3.32. The lowest BCUT2D eigenvalue weighted by Gasteiger charge is -2.33. The molecule has 2 heterocycles. The van der Waals surface area contributed by atoms with Crippen LogP contribution in [0.25, 0.3) is 0 Å². The number of rotatable bonds is 4. The van der Waals surface area contributed by atoms with E-state index in [2.05, 4.69) is 22.1 Å². The second-order valence-corrected chi connectivity index (χ2v) is 6.88. The molecule has 1 aromatic carbocycles. The Kier molecular flexibility index (Phi) is 5.86. The van der Waals surface area contributed by atoms with Gasteiger partial charge in [-0.25, -0.2) is 0 Å². The molecule has 1 aliphatic rings. The lowest BCUT2D eigenvalue weighted by Crippen LogP contribution is -2.48. The molecule has 0 radical (unpaired) electrons. The number of carbonyl (C=O) groups is 2. The molecule has 27 heavy (non-hydrogen) atoms. The molecule has 0 saturated carbocycles. The normalized spacial score (nSPS) is 14.9. The van der Waals surface area contributed by atoms with Gasteiger partial charge in [0.2, 0.25) is 0 Å². The highest BCUT2D eigenvalue weighted by molar-refractivity contribution is 6.06. The third kappa shape index (κ3) is 4.34. The molecule has 1 fully saturated rings. The van der Waals surface area contributed by atoms with Crippen LogP contribution in [0.15, 0.2) is 36.5 Å².